The number of para-hydroxylation sites is 1. The van der Waals surface area contributed by atoms with Crippen molar-refractivity contribution in [1.82, 2.24) is 10.3 Å². The van der Waals surface area contributed by atoms with Gasteiger partial charge in [-0.3, -0.25) is 4.79 Å². The second-order valence-corrected chi connectivity index (χ2v) is 3.36. The van der Waals surface area contributed by atoms with Gasteiger partial charge in [-0.1, -0.05) is 12.1 Å². The number of hydrogen-bond acceptors (Lipinski definition) is 4. The highest BCUT2D eigenvalue weighted by molar-refractivity contribution is 6.13. The number of carbonyl (C=O) groups is 1. The fourth-order valence-corrected chi connectivity index (χ4v) is 1.66. The van der Waals surface area contributed by atoms with Crippen molar-refractivity contribution < 1.29 is 4.79 Å². The summed E-state index contributed by atoms with van der Waals surface area (Å²) in [5, 5.41) is 4.03. The number of hydrogen-bond donors (Lipinski definition) is 1. The minimum atomic E-state index is -0.121. The standard InChI is InChI=1S/C10H8N4O/c15-9-5-14-6-11-8-4-2-1-3-7(8)10(14)13-12-9/h1-4,6H,5H2,(H,12,15). The molecule has 0 radical (unpaired) electrons. The average Bonchev–Trinajstić information content (AvgIpc) is 2.28. The van der Waals surface area contributed by atoms with Gasteiger partial charge in [0.15, 0.2) is 5.84 Å². The number of amidine groups is 1. The van der Waals surface area contributed by atoms with Gasteiger partial charge in [0.25, 0.3) is 5.91 Å². The first kappa shape index (κ1) is 8.16. The zero-order valence-corrected chi connectivity index (χ0v) is 7.84. The second-order valence-electron chi connectivity index (χ2n) is 3.36. The fraction of sp³-hybridized carbons (Fsp3) is 0.100. The van der Waals surface area contributed by atoms with Gasteiger partial charge in [0.2, 0.25) is 0 Å². The quantitative estimate of drug-likeness (QED) is 0.661. The van der Waals surface area contributed by atoms with Crippen molar-refractivity contribution >= 4 is 23.8 Å². The largest absolute Gasteiger partial charge is 0.306 e. The molecule has 2 aliphatic rings. The summed E-state index contributed by atoms with van der Waals surface area (Å²) < 4.78 is 0. The third kappa shape index (κ3) is 1.20. The van der Waals surface area contributed by atoms with Gasteiger partial charge in [0, 0.05) is 5.56 Å². The number of rotatable bonds is 0. The van der Waals surface area contributed by atoms with E-state index in [1.807, 2.05) is 24.3 Å². The Labute approximate surface area is 86.1 Å². The molecule has 2 heterocycles. The molecule has 1 aromatic rings. The maximum Gasteiger partial charge on any atom is 0.260 e. The monoisotopic (exact) mass is 200 g/mol. The zero-order chi connectivity index (χ0) is 10.3. The van der Waals surface area contributed by atoms with Crippen LogP contribution >= 0.6 is 0 Å². The van der Waals surface area contributed by atoms with E-state index in [4.69, 9.17) is 0 Å². The molecule has 0 bridgehead atoms. The first-order valence-corrected chi connectivity index (χ1v) is 4.61. The van der Waals surface area contributed by atoms with Crippen molar-refractivity contribution in [2.24, 2.45) is 10.1 Å². The number of fused-ring (bicyclic) bond motifs is 3. The maximum atomic E-state index is 11.1. The van der Waals surface area contributed by atoms with Crippen LogP contribution in [-0.4, -0.2) is 29.5 Å². The molecule has 5 heteroatoms. The molecule has 0 saturated heterocycles. The molecular formula is C10H8N4O. The number of hydrazone groups is 1. The highest BCUT2D eigenvalue weighted by atomic mass is 16.2. The predicted octanol–water partition coefficient (Wildman–Crippen LogP) is 0.453. The molecule has 0 saturated carbocycles. The van der Waals surface area contributed by atoms with Crippen LogP contribution in [0.15, 0.2) is 34.4 Å². The summed E-state index contributed by atoms with van der Waals surface area (Å²) in [6.07, 6.45) is 1.64. The van der Waals surface area contributed by atoms with Gasteiger partial charge in [0.1, 0.15) is 6.54 Å². The van der Waals surface area contributed by atoms with Crippen LogP contribution in [0.3, 0.4) is 0 Å². The molecule has 0 unspecified atom stereocenters. The lowest BCUT2D eigenvalue weighted by molar-refractivity contribution is -0.121. The Morgan fingerprint density at radius 1 is 1.33 bits per heavy atom. The summed E-state index contributed by atoms with van der Waals surface area (Å²) in [7, 11) is 0. The number of benzene rings is 1. The van der Waals surface area contributed by atoms with Crippen molar-refractivity contribution in [3.63, 3.8) is 0 Å². The molecular weight excluding hydrogens is 192 g/mol. The third-order valence-electron chi connectivity index (χ3n) is 2.35. The van der Waals surface area contributed by atoms with E-state index in [1.54, 1.807) is 11.2 Å². The molecule has 74 valence electrons. The number of carbonyl (C=O) groups excluding carboxylic acids is 1. The summed E-state index contributed by atoms with van der Waals surface area (Å²) >= 11 is 0. The first-order valence-electron chi connectivity index (χ1n) is 4.61. The smallest absolute Gasteiger partial charge is 0.260 e. The molecule has 0 spiro atoms. The Morgan fingerprint density at radius 3 is 3.13 bits per heavy atom. The van der Waals surface area contributed by atoms with Gasteiger partial charge in [-0.2, -0.15) is 5.10 Å². The van der Waals surface area contributed by atoms with Crippen LogP contribution in [0.5, 0.6) is 0 Å². The summed E-state index contributed by atoms with van der Waals surface area (Å²) in [5.41, 5.74) is 4.29. The topological polar surface area (TPSA) is 57.1 Å². The Kier molecular flexibility index (Phi) is 1.58. The molecule has 0 fully saturated rings. The Balaban J connectivity index is 2.15. The molecule has 5 nitrogen and oxygen atoms in total. The summed E-state index contributed by atoms with van der Waals surface area (Å²) in [5.74, 6) is 0.629. The molecule has 0 aromatic heterocycles. The van der Waals surface area contributed by atoms with Gasteiger partial charge < -0.3 is 4.90 Å². The van der Waals surface area contributed by atoms with Crippen molar-refractivity contribution in [1.29, 1.82) is 0 Å². The Bertz CT molecular complexity index is 492. The molecule has 1 N–H and O–H groups in total. The molecule has 1 amide bonds. The molecule has 0 atom stereocenters. The second kappa shape index (κ2) is 2.91. The number of nitrogens with one attached hydrogen (secondary N) is 1. The van der Waals surface area contributed by atoms with Gasteiger partial charge in [-0.05, 0) is 12.1 Å². The van der Waals surface area contributed by atoms with Crippen LogP contribution in [0.4, 0.5) is 5.69 Å². The molecule has 2 aliphatic heterocycles. The molecule has 0 aliphatic carbocycles. The van der Waals surface area contributed by atoms with E-state index in [1.165, 1.54) is 0 Å². The summed E-state index contributed by atoms with van der Waals surface area (Å²) in [6.45, 7) is 0.274. The predicted molar refractivity (Wildman–Crippen MR) is 56.0 cm³/mol. The normalized spacial score (nSPS) is 17.7. The van der Waals surface area contributed by atoms with Crippen molar-refractivity contribution in [2.45, 2.75) is 0 Å². The lowest BCUT2D eigenvalue weighted by Gasteiger charge is -2.27. The van der Waals surface area contributed by atoms with Crippen LogP contribution in [-0.2, 0) is 4.79 Å². The van der Waals surface area contributed by atoms with E-state index in [9.17, 15) is 4.79 Å². The molecule has 15 heavy (non-hydrogen) atoms. The minimum absolute atomic E-state index is 0.121. The van der Waals surface area contributed by atoms with E-state index in [0.717, 1.165) is 17.1 Å². The van der Waals surface area contributed by atoms with Crippen LogP contribution in [0.1, 0.15) is 5.56 Å². The zero-order valence-electron chi connectivity index (χ0n) is 7.84. The maximum absolute atomic E-state index is 11.1. The van der Waals surface area contributed by atoms with Crippen LogP contribution in [0, 0.1) is 0 Å². The molecule has 3 rings (SSSR count). The fourth-order valence-electron chi connectivity index (χ4n) is 1.66. The van der Waals surface area contributed by atoms with Gasteiger partial charge in [-0.15, -0.1) is 0 Å². The van der Waals surface area contributed by atoms with E-state index in [2.05, 4.69) is 15.5 Å². The van der Waals surface area contributed by atoms with Gasteiger partial charge in [-0.25, -0.2) is 10.4 Å². The highest BCUT2D eigenvalue weighted by Crippen LogP contribution is 2.24. The minimum Gasteiger partial charge on any atom is -0.306 e. The van der Waals surface area contributed by atoms with E-state index >= 15 is 0 Å². The Hall–Kier alpha value is -2.17. The van der Waals surface area contributed by atoms with E-state index in [0.29, 0.717) is 0 Å². The summed E-state index contributed by atoms with van der Waals surface area (Å²) in [4.78, 5) is 17.1. The third-order valence-corrected chi connectivity index (χ3v) is 2.35. The Morgan fingerprint density at radius 2 is 2.20 bits per heavy atom. The summed E-state index contributed by atoms with van der Waals surface area (Å²) in [6, 6.07) is 7.71. The van der Waals surface area contributed by atoms with Crippen molar-refractivity contribution in [2.75, 3.05) is 6.54 Å². The molecule has 1 aromatic carbocycles. The number of amides is 1. The van der Waals surface area contributed by atoms with Crippen LogP contribution in [0.25, 0.3) is 0 Å². The van der Waals surface area contributed by atoms with Crippen LogP contribution < -0.4 is 5.43 Å². The lowest BCUT2D eigenvalue weighted by atomic mass is 10.1. The SMILES string of the molecule is O=C1CN2C=Nc3ccccc3C2=NN1. The first-order chi connectivity index (χ1) is 7.34. The number of nitrogens with zero attached hydrogens (tertiary/aromatic N) is 3. The van der Waals surface area contributed by atoms with E-state index < -0.39 is 0 Å². The van der Waals surface area contributed by atoms with E-state index in [-0.39, 0.29) is 12.5 Å². The number of aliphatic imine (C=N–C) groups is 1. The van der Waals surface area contributed by atoms with Crippen molar-refractivity contribution in [3.05, 3.63) is 29.8 Å². The van der Waals surface area contributed by atoms with Crippen molar-refractivity contribution in [3.8, 4) is 0 Å². The van der Waals surface area contributed by atoms with Gasteiger partial charge >= 0.3 is 0 Å². The highest BCUT2D eigenvalue weighted by Gasteiger charge is 2.24. The lowest BCUT2D eigenvalue weighted by Crippen LogP contribution is -2.45. The van der Waals surface area contributed by atoms with Crippen LogP contribution in [0.2, 0.25) is 0 Å². The van der Waals surface area contributed by atoms with Gasteiger partial charge in [0.05, 0.1) is 12.0 Å². The average molecular weight is 200 g/mol.